The van der Waals surface area contributed by atoms with Crippen molar-refractivity contribution in [2.24, 2.45) is 0 Å². The molecular weight excluding hydrogens is 150 g/mol. The van der Waals surface area contributed by atoms with Gasteiger partial charge in [-0.3, -0.25) is 4.79 Å². The first-order valence-electron chi connectivity index (χ1n) is 2.85. The summed E-state index contributed by atoms with van der Waals surface area (Å²) in [6.45, 7) is 1.09. The largest absolute Gasteiger partial charge is 0.478 e. The van der Waals surface area contributed by atoms with E-state index < -0.39 is 18.0 Å². The lowest BCUT2D eigenvalue weighted by Gasteiger charge is -2.06. The van der Waals surface area contributed by atoms with Crippen molar-refractivity contribution in [3.05, 3.63) is 0 Å². The zero-order chi connectivity index (χ0) is 8.85. The third kappa shape index (κ3) is 3.92. The Hall–Kier alpha value is -1.57. The lowest BCUT2D eigenvalue weighted by Crippen LogP contribution is -2.25. The third-order valence-corrected chi connectivity index (χ3v) is 0.860. The summed E-state index contributed by atoms with van der Waals surface area (Å²) >= 11 is 0. The molecule has 0 aliphatic rings. The SMILES string of the molecule is CC(=O)OC(CC#N)C(=O)O. The number of hydrogen-bond donors (Lipinski definition) is 1. The lowest BCUT2D eigenvalue weighted by molar-refractivity contribution is -0.162. The Morgan fingerprint density at radius 2 is 2.27 bits per heavy atom. The van der Waals surface area contributed by atoms with Gasteiger partial charge in [0.2, 0.25) is 6.10 Å². The minimum Gasteiger partial charge on any atom is -0.478 e. The number of carboxylic acids is 1. The van der Waals surface area contributed by atoms with Gasteiger partial charge in [-0.25, -0.2) is 4.79 Å². The van der Waals surface area contributed by atoms with E-state index in [0.29, 0.717) is 0 Å². The Kier molecular flexibility index (Phi) is 3.67. The van der Waals surface area contributed by atoms with Gasteiger partial charge >= 0.3 is 11.9 Å². The zero-order valence-corrected chi connectivity index (χ0v) is 5.90. The fourth-order valence-corrected chi connectivity index (χ4v) is 0.463. The molecule has 0 amide bonds. The quantitative estimate of drug-likeness (QED) is 0.578. The van der Waals surface area contributed by atoms with E-state index in [1.807, 2.05) is 0 Å². The first kappa shape index (κ1) is 9.43. The molecule has 1 N–H and O–H groups in total. The van der Waals surface area contributed by atoms with E-state index in [4.69, 9.17) is 10.4 Å². The van der Waals surface area contributed by atoms with E-state index in [1.54, 1.807) is 6.07 Å². The van der Waals surface area contributed by atoms with E-state index in [2.05, 4.69) is 4.74 Å². The van der Waals surface area contributed by atoms with Gasteiger partial charge in [0, 0.05) is 6.92 Å². The Labute approximate surface area is 63.2 Å². The molecule has 0 rings (SSSR count). The van der Waals surface area contributed by atoms with Gasteiger partial charge in [-0.05, 0) is 0 Å². The topological polar surface area (TPSA) is 87.4 Å². The Morgan fingerprint density at radius 3 is 2.55 bits per heavy atom. The monoisotopic (exact) mass is 157 g/mol. The predicted octanol–water partition coefficient (Wildman–Crippen LogP) is -0.0836. The summed E-state index contributed by atoms with van der Waals surface area (Å²) in [4.78, 5) is 20.4. The normalized spacial score (nSPS) is 11.3. The molecule has 0 aromatic rings. The van der Waals surface area contributed by atoms with Crippen LogP contribution >= 0.6 is 0 Å². The number of aliphatic carboxylic acids is 1. The summed E-state index contributed by atoms with van der Waals surface area (Å²) in [6, 6.07) is 1.60. The van der Waals surface area contributed by atoms with Crippen LogP contribution < -0.4 is 0 Å². The molecule has 1 unspecified atom stereocenters. The number of hydrogen-bond acceptors (Lipinski definition) is 4. The van der Waals surface area contributed by atoms with Crippen LogP contribution in [-0.4, -0.2) is 23.1 Å². The summed E-state index contributed by atoms with van der Waals surface area (Å²) in [5, 5.41) is 16.4. The molecule has 0 spiro atoms. The lowest BCUT2D eigenvalue weighted by atomic mass is 10.3. The second-order valence-corrected chi connectivity index (χ2v) is 1.80. The number of carbonyl (C=O) groups is 2. The summed E-state index contributed by atoms with van der Waals surface area (Å²) < 4.78 is 4.29. The highest BCUT2D eigenvalue weighted by atomic mass is 16.6. The number of esters is 1. The van der Waals surface area contributed by atoms with Crippen LogP contribution in [0.2, 0.25) is 0 Å². The minimum atomic E-state index is -1.34. The predicted molar refractivity (Wildman–Crippen MR) is 33.4 cm³/mol. The van der Waals surface area contributed by atoms with Crippen molar-refractivity contribution in [1.82, 2.24) is 0 Å². The van der Waals surface area contributed by atoms with Crippen LogP contribution in [0.25, 0.3) is 0 Å². The average molecular weight is 157 g/mol. The maximum Gasteiger partial charge on any atom is 0.346 e. The molecule has 0 aliphatic heterocycles. The van der Waals surface area contributed by atoms with E-state index in [0.717, 1.165) is 6.92 Å². The summed E-state index contributed by atoms with van der Waals surface area (Å²) in [5.74, 6) is -2.01. The van der Waals surface area contributed by atoms with Crippen LogP contribution in [0, 0.1) is 11.3 Å². The molecule has 0 radical (unpaired) electrons. The number of rotatable bonds is 3. The highest BCUT2D eigenvalue weighted by molar-refractivity contribution is 5.77. The molecule has 5 nitrogen and oxygen atoms in total. The van der Waals surface area contributed by atoms with Crippen LogP contribution in [-0.2, 0) is 14.3 Å². The van der Waals surface area contributed by atoms with Gasteiger partial charge in [0.15, 0.2) is 0 Å². The van der Waals surface area contributed by atoms with Crippen molar-refractivity contribution in [1.29, 1.82) is 5.26 Å². The second-order valence-electron chi connectivity index (χ2n) is 1.80. The van der Waals surface area contributed by atoms with Gasteiger partial charge in [0.25, 0.3) is 0 Å². The standard InChI is InChI=1S/C6H7NO4/c1-4(8)11-5(2-3-7)6(9)10/h5H,2H2,1H3,(H,9,10). The molecule has 0 saturated heterocycles. The third-order valence-electron chi connectivity index (χ3n) is 0.860. The number of carboxylic acid groups (broad SMARTS) is 1. The van der Waals surface area contributed by atoms with Gasteiger partial charge in [-0.1, -0.05) is 0 Å². The smallest absolute Gasteiger partial charge is 0.346 e. The fraction of sp³-hybridized carbons (Fsp3) is 0.500. The summed E-state index contributed by atoms with van der Waals surface area (Å²) in [7, 11) is 0. The number of carbonyl (C=O) groups excluding carboxylic acids is 1. The first-order valence-corrected chi connectivity index (χ1v) is 2.85. The van der Waals surface area contributed by atoms with Crippen molar-refractivity contribution in [2.75, 3.05) is 0 Å². The van der Waals surface area contributed by atoms with Crippen molar-refractivity contribution in [3.63, 3.8) is 0 Å². The first-order chi connectivity index (χ1) is 5.07. The fourth-order valence-electron chi connectivity index (χ4n) is 0.463. The van der Waals surface area contributed by atoms with E-state index >= 15 is 0 Å². The Bertz CT molecular complexity index is 205. The molecule has 0 aromatic heterocycles. The number of nitrogens with zero attached hydrogens (tertiary/aromatic N) is 1. The number of nitriles is 1. The van der Waals surface area contributed by atoms with Crippen molar-refractivity contribution in [2.45, 2.75) is 19.4 Å². The van der Waals surface area contributed by atoms with Crippen molar-refractivity contribution >= 4 is 11.9 Å². The molecule has 5 heteroatoms. The highest BCUT2D eigenvalue weighted by Gasteiger charge is 2.19. The Balaban J connectivity index is 4.02. The van der Waals surface area contributed by atoms with Crippen molar-refractivity contribution in [3.8, 4) is 6.07 Å². The van der Waals surface area contributed by atoms with Gasteiger partial charge < -0.3 is 9.84 Å². The van der Waals surface area contributed by atoms with Gasteiger partial charge in [-0.2, -0.15) is 5.26 Å². The Morgan fingerprint density at radius 1 is 1.73 bits per heavy atom. The summed E-state index contributed by atoms with van der Waals surface area (Å²) in [6.07, 6.45) is -1.66. The maximum absolute atomic E-state index is 10.2. The van der Waals surface area contributed by atoms with Crippen LogP contribution in [0.15, 0.2) is 0 Å². The van der Waals surface area contributed by atoms with Crippen LogP contribution in [0.3, 0.4) is 0 Å². The van der Waals surface area contributed by atoms with Gasteiger partial charge in [0.05, 0.1) is 12.5 Å². The minimum absolute atomic E-state index is 0.324. The second kappa shape index (κ2) is 4.28. The molecule has 11 heavy (non-hydrogen) atoms. The van der Waals surface area contributed by atoms with Crippen LogP contribution in [0.4, 0.5) is 0 Å². The van der Waals surface area contributed by atoms with Crippen LogP contribution in [0.1, 0.15) is 13.3 Å². The molecular formula is C6H7NO4. The molecule has 0 heterocycles. The van der Waals surface area contributed by atoms with Gasteiger partial charge in [-0.15, -0.1) is 0 Å². The molecule has 0 aromatic carbocycles. The molecule has 0 aliphatic carbocycles. The van der Waals surface area contributed by atoms with Crippen molar-refractivity contribution < 1.29 is 19.4 Å². The van der Waals surface area contributed by atoms with E-state index in [1.165, 1.54) is 0 Å². The molecule has 60 valence electrons. The van der Waals surface area contributed by atoms with E-state index in [9.17, 15) is 9.59 Å². The van der Waals surface area contributed by atoms with Gasteiger partial charge in [0.1, 0.15) is 0 Å². The van der Waals surface area contributed by atoms with E-state index in [-0.39, 0.29) is 6.42 Å². The van der Waals surface area contributed by atoms with Crippen LogP contribution in [0.5, 0.6) is 0 Å². The molecule has 0 saturated carbocycles. The summed E-state index contributed by atoms with van der Waals surface area (Å²) in [5.41, 5.74) is 0. The number of ether oxygens (including phenoxy) is 1. The molecule has 0 bridgehead atoms. The zero-order valence-electron chi connectivity index (χ0n) is 5.90. The average Bonchev–Trinajstić information content (AvgIpc) is 1.86. The maximum atomic E-state index is 10.2. The molecule has 1 atom stereocenters. The molecule has 0 fully saturated rings. The highest BCUT2D eigenvalue weighted by Crippen LogP contribution is 1.97.